The zero-order valence-corrected chi connectivity index (χ0v) is 13.3. The summed E-state index contributed by atoms with van der Waals surface area (Å²) in [6.07, 6.45) is 1.57. The summed E-state index contributed by atoms with van der Waals surface area (Å²) in [7, 11) is 0. The van der Waals surface area contributed by atoms with E-state index in [-0.39, 0.29) is 18.1 Å². The van der Waals surface area contributed by atoms with Crippen LogP contribution >= 0.6 is 0 Å². The number of hydrazone groups is 1. The summed E-state index contributed by atoms with van der Waals surface area (Å²) in [5.74, 6) is -0.0200. The van der Waals surface area contributed by atoms with Gasteiger partial charge in [0.25, 0.3) is 0 Å². The molecule has 0 radical (unpaired) electrons. The molecule has 1 aliphatic heterocycles. The number of rotatable bonds is 4. The fourth-order valence-corrected chi connectivity index (χ4v) is 2.81. The topological polar surface area (TPSA) is 52.9 Å². The van der Waals surface area contributed by atoms with Crippen molar-refractivity contribution in [1.82, 2.24) is 5.01 Å². The highest BCUT2D eigenvalue weighted by Gasteiger charge is 2.38. The van der Waals surface area contributed by atoms with E-state index in [9.17, 15) is 4.79 Å². The SMILES string of the molecule is Cc1cc(C)cc(C2=NN(C(=O)CCCO)C(C)(C)C2)c1. The molecule has 1 aromatic rings. The molecule has 114 valence electrons. The van der Waals surface area contributed by atoms with E-state index in [2.05, 4.69) is 37.1 Å². The van der Waals surface area contributed by atoms with Gasteiger partial charge in [-0.1, -0.05) is 29.3 Å². The maximum absolute atomic E-state index is 12.2. The predicted molar refractivity (Wildman–Crippen MR) is 84.3 cm³/mol. The van der Waals surface area contributed by atoms with Crippen LogP contribution < -0.4 is 0 Å². The molecule has 1 aromatic carbocycles. The number of carbonyl (C=O) groups excluding carboxylic acids is 1. The standard InChI is InChI=1S/C17H24N2O2/c1-12-8-13(2)10-14(9-12)15-11-17(3,4)19(18-15)16(21)6-5-7-20/h8-10,20H,5-7,11H2,1-4H3. The first-order chi connectivity index (χ1) is 9.83. The van der Waals surface area contributed by atoms with Crippen molar-refractivity contribution in [3.63, 3.8) is 0 Å². The Kier molecular flexibility index (Phi) is 4.47. The van der Waals surface area contributed by atoms with Crippen LogP contribution in [0.5, 0.6) is 0 Å². The van der Waals surface area contributed by atoms with Gasteiger partial charge in [-0.25, -0.2) is 5.01 Å². The Hall–Kier alpha value is -1.68. The number of aliphatic hydroxyl groups excluding tert-OH is 1. The average molecular weight is 288 g/mol. The van der Waals surface area contributed by atoms with E-state index in [1.165, 1.54) is 11.1 Å². The Morgan fingerprint density at radius 3 is 2.48 bits per heavy atom. The van der Waals surface area contributed by atoms with Crippen molar-refractivity contribution in [3.8, 4) is 0 Å². The molecule has 2 rings (SSSR count). The van der Waals surface area contributed by atoms with Gasteiger partial charge < -0.3 is 5.11 Å². The van der Waals surface area contributed by atoms with E-state index in [4.69, 9.17) is 5.11 Å². The summed E-state index contributed by atoms with van der Waals surface area (Å²) in [4.78, 5) is 12.2. The Bertz CT molecular complexity index is 556. The van der Waals surface area contributed by atoms with Crippen LogP contribution in [0.3, 0.4) is 0 Å². The molecule has 1 aliphatic rings. The van der Waals surface area contributed by atoms with Crippen molar-refractivity contribution in [1.29, 1.82) is 0 Å². The van der Waals surface area contributed by atoms with Crippen LogP contribution in [0.25, 0.3) is 0 Å². The van der Waals surface area contributed by atoms with Crippen molar-refractivity contribution in [3.05, 3.63) is 34.9 Å². The van der Waals surface area contributed by atoms with Crippen LogP contribution in [0.4, 0.5) is 0 Å². The summed E-state index contributed by atoms with van der Waals surface area (Å²) >= 11 is 0. The van der Waals surface area contributed by atoms with Gasteiger partial charge in [0.15, 0.2) is 0 Å². The minimum Gasteiger partial charge on any atom is -0.396 e. The number of hydrogen-bond donors (Lipinski definition) is 1. The first-order valence-electron chi connectivity index (χ1n) is 7.43. The minimum atomic E-state index is -0.306. The maximum atomic E-state index is 12.2. The first kappa shape index (κ1) is 15.7. The predicted octanol–water partition coefficient (Wildman–Crippen LogP) is 2.79. The van der Waals surface area contributed by atoms with Crippen molar-refractivity contribution >= 4 is 11.6 Å². The molecule has 0 fully saturated rings. The summed E-state index contributed by atoms with van der Waals surface area (Å²) < 4.78 is 0. The lowest BCUT2D eigenvalue weighted by Gasteiger charge is -2.28. The van der Waals surface area contributed by atoms with E-state index in [1.54, 1.807) is 5.01 Å². The van der Waals surface area contributed by atoms with Gasteiger partial charge in [-0.2, -0.15) is 5.10 Å². The second-order valence-corrected chi connectivity index (χ2v) is 6.44. The van der Waals surface area contributed by atoms with Gasteiger partial charge in [0.05, 0.1) is 11.3 Å². The third-order valence-electron chi connectivity index (χ3n) is 3.73. The lowest BCUT2D eigenvalue weighted by Crippen LogP contribution is -2.40. The molecule has 1 amide bonds. The lowest BCUT2D eigenvalue weighted by molar-refractivity contribution is -0.135. The molecular formula is C17H24N2O2. The summed E-state index contributed by atoms with van der Waals surface area (Å²) in [6.45, 7) is 8.24. The molecule has 0 spiro atoms. The molecule has 0 unspecified atom stereocenters. The van der Waals surface area contributed by atoms with Crippen LogP contribution in [0.15, 0.2) is 23.3 Å². The largest absolute Gasteiger partial charge is 0.396 e. The molecule has 21 heavy (non-hydrogen) atoms. The fraction of sp³-hybridized carbons (Fsp3) is 0.529. The normalized spacial score (nSPS) is 17.0. The average Bonchev–Trinajstić information content (AvgIpc) is 2.71. The molecular weight excluding hydrogens is 264 g/mol. The van der Waals surface area contributed by atoms with Gasteiger partial charge in [-0.05, 0) is 39.7 Å². The molecule has 1 heterocycles. The first-order valence-corrected chi connectivity index (χ1v) is 7.43. The Labute approximate surface area is 126 Å². The number of hydrogen-bond acceptors (Lipinski definition) is 3. The second kappa shape index (κ2) is 5.98. The molecule has 0 atom stereocenters. The number of benzene rings is 1. The van der Waals surface area contributed by atoms with Gasteiger partial charge in [-0.15, -0.1) is 0 Å². The lowest BCUT2D eigenvalue weighted by atomic mass is 9.93. The molecule has 0 aromatic heterocycles. The van der Waals surface area contributed by atoms with Gasteiger partial charge >= 0.3 is 0 Å². The van der Waals surface area contributed by atoms with Crippen LogP contribution in [-0.4, -0.2) is 33.9 Å². The van der Waals surface area contributed by atoms with E-state index >= 15 is 0 Å². The van der Waals surface area contributed by atoms with Crippen LogP contribution in [0.2, 0.25) is 0 Å². The van der Waals surface area contributed by atoms with Gasteiger partial charge in [-0.3, -0.25) is 4.79 Å². The van der Waals surface area contributed by atoms with Crippen molar-refractivity contribution in [2.45, 2.75) is 52.5 Å². The number of aliphatic hydroxyl groups is 1. The van der Waals surface area contributed by atoms with E-state index in [0.717, 1.165) is 17.7 Å². The van der Waals surface area contributed by atoms with Crippen molar-refractivity contribution < 1.29 is 9.90 Å². The minimum absolute atomic E-state index is 0.0200. The summed E-state index contributed by atoms with van der Waals surface area (Å²) in [5.41, 5.74) is 4.16. The third-order valence-corrected chi connectivity index (χ3v) is 3.73. The summed E-state index contributed by atoms with van der Waals surface area (Å²) in [5, 5.41) is 15.0. The van der Waals surface area contributed by atoms with E-state index in [0.29, 0.717) is 12.8 Å². The smallest absolute Gasteiger partial charge is 0.243 e. The van der Waals surface area contributed by atoms with Crippen molar-refractivity contribution in [2.75, 3.05) is 6.61 Å². The second-order valence-electron chi connectivity index (χ2n) is 6.44. The zero-order valence-electron chi connectivity index (χ0n) is 13.3. The number of amides is 1. The Morgan fingerprint density at radius 2 is 1.90 bits per heavy atom. The molecule has 4 heteroatoms. The molecule has 1 N–H and O–H groups in total. The number of aryl methyl sites for hydroxylation is 2. The number of carbonyl (C=O) groups is 1. The molecule has 0 saturated carbocycles. The zero-order chi connectivity index (χ0) is 15.6. The Morgan fingerprint density at radius 1 is 1.29 bits per heavy atom. The highest BCUT2D eigenvalue weighted by atomic mass is 16.3. The molecule has 0 bridgehead atoms. The highest BCUT2D eigenvalue weighted by Crippen LogP contribution is 2.30. The van der Waals surface area contributed by atoms with E-state index < -0.39 is 0 Å². The van der Waals surface area contributed by atoms with Gasteiger partial charge in [0, 0.05) is 19.4 Å². The Balaban J connectivity index is 2.27. The third kappa shape index (κ3) is 3.50. The van der Waals surface area contributed by atoms with Crippen LogP contribution in [-0.2, 0) is 4.79 Å². The highest BCUT2D eigenvalue weighted by molar-refractivity contribution is 6.03. The van der Waals surface area contributed by atoms with Crippen LogP contribution in [0.1, 0.15) is 49.8 Å². The number of nitrogens with zero attached hydrogens (tertiary/aromatic N) is 2. The quantitative estimate of drug-likeness (QED) is 0.926. The van der Waals surface area contributed by atoms with E-state index in [1.807, 2.05) is 13.8 Å². The summed E-state index contributed by atoms with van der Waals surface area (Å²) in [6, 6.07) is 6.36. The van der Waals surface area contributed by atoms with Gasteiger partial charge in [0.2, 0.25) is 5.91 Å². The fourth-order valence-electron chi connectivity index (χ4n) is 2.81. The maximum Gasteiger partial charge on any atom is 0.243 e. The monoisotopic (exact) mass is 288 g/mol. The molecule has 0 aliphatic carbocycles. The molecule has 0 saturated heterocycles. The van der Waals surface area contributed by atoms with Crippen molar-refractivity contribution in [2.24, 2.45) is 5.10 Å². The van der Waals surface area contributed by atoms with Crippen LogP contribution in [0, 0.1) is 13.8 Å². The molecule has 4 nitrogen and oxygen atoms in total. The van der Waals surface area contributed by atoms with Gasteiger partial charge in [0.1, 0.15) is 0 Å².